The molecule has 4 heterocycles. The Kier molecular flexibility index (Phi) is 4.97. The number of carbonyl (C=O) groups excluding carboxylic acids is 1. The number of aromatic amines is 1. The minimum atomic E-state index is -1.15. The fourth-order valence-electron chi connectivity index (χ4n) is 3.77. The topological polar surface area (TPSA) is 78.8 Å². The molecule has 3 aromatic heterocycles. The van der Waals surface area contributed by atoms with Crippen molar-refractivity contribution in [2.75, 3.05) is 25.0 Å². The van der Waals surface area contributed by atoms with Crippen molar-refractivity contribution in [2.45, 2.75) is 32.5 Å². The van der Waals surface area contributed by atoms with Crippen LogP contribution in [0.15, 0.2) is 24.8 Å². The van der Waals surface area contributed by atoms with Crippen LogP contribution >= 0.6 is 11.6 Å². The van der Waals surface area contributed by atoms with Crippen LogP contribution in [0.2, 0.25) is 5.02 Å². The molecule has 0 radical (unpaired) electrons. The first-order valence-electron chi connectivity index (χ1n) is 9.33. The van der Waals surface area contributed by atoms with Gasteiger partial charge in [0, 0.05) is 49.7 Å². The number of piperidine rings is 1. The molecule has 0 spiro atoms. The van der Waals surface area contributed by atoms with Crippen LogP contribution in [0.1, 0.15) is 26.3 Å². The number of aromatic nitrogens is 4. The minimum absolute atomic E-state index is 0.0969. The molecule has 0 unspecified atom stereocenters. The first-order chi connectivity index (χ1) is 13.5. The molecule has 2 atom stereocenters. The molecule has 0 aromatic carbocycles. The Labute approximate surface area is 166 Å². The van der Waals surface area contributed by atoms with Crippen LogP contribution in [0.4, 0.5) is 10.1 Å². The summed E-state index contributed by atoms with van der Waals surface area (Å²) in [5.74, 6) is -0.0969. The Morgan fingerprint density at radius 3 is 3.00 bits per heavy atom. The quantitative estimate of drug-likeness (QED) is 0.695. The zero-order valence-electron chi connectivity index (χ0n) is 15.7. The third-order valence-electron chi connectivity index (χ3n) is 5.21. The van der Waals surface area contributed by atoms with Crippen LogP contribution in [0.3, 0.4) is 0 Å². The number of hydrogen-bond donors (Lipinski definition) is 2. The molecule has 1 fully saturated rings. The Bertz CT molecular complexity index is 1020. The summed E-state index contributed by atoms with van der Waals surface area (Å²) < 4.78 is 16.3. The molecule has 4 rings (SSSR count). The number of halogens is 2. The van der Waals surface area contributed by atoms with E-state index in [-0.39, 0.29) is 18.5 Å². The number of fused-ring (bicyclic) bond motifs is 1. The van der Waals surface area contributed by atoms with Gasteiger partial charge < -0.3 is 15.2 Å². The van der Waals surface area contributed by atoms with Crippen molar-refractivity contribution < 1.29 is 9.18 Å². The monoisotopic (exact) mass is 404 g/mol. The standard InChI is InChI=1S/C19H22ClFN6O/c1-3-22-18-13(7-23-19-17(18)14(20)8-24-19)12-6-25-27(9-12)16-4-5-26(11(2)28)10-15(16)21/h6-9,15-16H,3-5,10H2,1-2H3,(H2,22,23,24)/t15-,16-/m0/s1. The normalized spacial score (nSPS) is 19.9. The maximum Gasteiger partial charge on any atom is 0.219 e. The average molecular weight is 405 g/mol. The number of anilines is 1. The molecule has 3 aromatic rings. The molecule has 1 aliphatic rings. The van der Waals surface area contributed by atoms with Gasteiger partial charge in [-0.3, -0.25) is 9.48 Å². The first kappa shape index (κ1) is 18.7. The van der Waals surface area contributed by atoms with Gasteiger partial charge in [0.05, 0.1) is 34.9 Å². The molecular formula is C19H22ClFN6O. The van der Waals surface area contributed by atoms with Gasteiger partial charge in [-0.1, -0.05) is 11.6 Å². The highest BCUT2D eigenvalue weighted by Crippen LogP contribution is 2.37. The summed E-state index contributed by atoms with van der Waals surface area (Å²) >= 11 is 6.34. The number of nitrogens with zero attached hydrogens (tertiary/aromatic N) is 4. The number of amides is 1. The number of pyridine rings is 1. The van der Waals surface area contributed by atoms with Crippen molar-refractivity contribution >= 4 is 34.2 Å². The summed E-state index contributed by atoms with van der Waals surface area (Å²) in [7, 11) is 0. The Morgan fingerprint density at radius 1 is 1.46 bits per heavy atom. The number of nitrogens with one attached hydrogen (secondary N) is 2. The summed E-state index contributed by atoms with van der Waals surface area (Å²) in [5.41, 5.74) is 3.28. The lowest BCUT2D eigenvalue weighted by molar-refractivity contribution is -0.131. The maximum atomic E-state index is 14.7. The lowest BCUT2D eigenvalue weighted by atomic mass is 10.0. The largest absolute Gasteiger partial charge is 0.384 e. The molecule has 148 valence electrons. The summed E-state index contributed by atoms with van der Waals surface area (Å²) in [6.45, 7) is 4.83. The predicted octanol–water partition coefficient (Wildman–Crippen LogP) is 3.64. The van der Waals surface area contributed by atoms with E-state index in [1.54, 1.807) is 28.2 Å². The third kappa shape index (κ3) is 3.22. The molecular weight excluding hydrogens is 383 g/mol. The van der Waals surface area contributed by atoms with E-state index in [0.717, 1.165) is 28.7 Å². The SMILES string of the molecule is CCNc1c(-c2cnn([C@H]3CCN(C(C)=O)C[C@@H]3F)c2)cnc2[nH]cc(Cl)c12. The van der Waals surface area contributed by atoms with E-state index in [0.29, 0.717) is 23.6 Å². The Morgan fingerprint density at radius 2 is 2.29 bits per heavy atom. The van der Waals surface area contributed by atoms with Gasteiger partial charge in [-0.25, -0.2) is 9.37 Å². The second kappa shape index (κ2) is 7.43. The number of carbonyl (C=O) groups is 1. The van der Waals surface area contributed by atoms with Gasteiger partial charge in [-0.15, -0.1) is 0 Å². The number of likely N-dealkylation sites (tertiary alicyclic amines) is 1. The van der Waals surface area contributed by atoms with Gasteiger partial charge in [-0.2, -0.15) is 5.10 Å². The lowest BCUT2D eigenvalue weighted by Crippen LogP contribution is -2.44. The van der Waals surface area contributed by atoms with E-state index in [4.69, 9.17) is 11.6 Å². The zero-order chi connectivity index (χ0) is 19.8. The third-order valence-corrected chi connectivity index (χ3v) is 5.51. The van der Waals surface area contributed by atoms with Crippen molar-refractivity contribution in [3.63, 3.8) is 0 Å². The van der Waals surface area contributed by atoms with Crippen molar-refractivity contribution in [2.24, 2.45) is 0 Å². The van der Waals surface area contributed by atoms with E-state index in [1.165, 1.54) is 6.92 Å². The van der Waals surface area contributed by atoms with Gasteiger partial charge in [-0.05, 0) is 13.3 Å². The van der Waals surface area contributed by atoms with Crippen LogP contribution in [0, 0.1) is 0 Å². The van der Waals surface area contributed by atoms with Gasteiger partial charge >= 0.3 is 0 Å². The predicted molar refractivity (Wildman–Crippen MR) is 107 cm³/mol. The molecule has 0 saturated carbocycles. The Hall–Kier alpha value is -2.61. The molecule has 0 bridgehead atoms. The van der Waals surface area contributed by atoms with E-state index in [9.17, 15) is 9.18 Å². The highest BCUT2D eigenvalue weighted by Gasteiger charge is 2.32. The number of H-pyrrole nitrogens is 1. The smallest absolute Gasteiger partial charge is 0.219 e. The highest BCUT2D eigenvalue weighted by molar-refractivity contribution is 6.36. The summed E-state index contributed by atoms with van der Waals surface area (Å²) in [4.78, 5) is 20.5. The van der Waals surface area contributed by atoms with Crippen LogP contribution < -0.4 is 5.32 Å². The molecule has 1 aliphatic heterocycles. The van der Waals surface area contributed by atoms with Crippen LogP contribution in [-0.2, 0) is 4.79 Å². The van der Waals surface area contributed by atoms with Crippen molar-refractivity contribution in [1.29, 1.82) is 0 Å². The number of hydrogen-bond acceptors (Lipinski definition) is 4. The average Bonchev–Trinajstić information content (AvgIpc) is 3.29. The molecule has 1 amide bonds. The molecule has 2 N–H and O–H groups in total. The minimum Gasteiger partial charge on any atom is -0.384 e. The van der Waals surface area contributed by atoms with Crippen molar-refractivity contribution in [1.82, 2.24) is 24.6 Å². The Balaban J connectivity index is 1.67. The van der Waals surface area contributed by atoms with Gasteiger partial charge in [0.1, 0.15) is 11.8 Å². The molecule has 0 aliphatic carbocycles. The highest BCUT2D eigenvalue weighted by atomic mass is 35.5. The van der Waals surface area contributed by atoms with Crippen LogP contribution in [0.25, 0.3) is 22.2 Å². The van der Waals surface area contributed by atoms with E-state index < -0.39 is 6.17 Å². The molecule has 28 heavy (non-hydrogen) atoms. The molecule has 1 saturated heterocycles. The van der Waals surface area contributed by atoms with Gasteiger partial charge in [0.15, 0.2) is 0 Å². The van der Waals surface area contributed by atoms with E-state index in [2.05, 4.69) is 20.4 Å². The van der Waals surface area contributed by atoms with Crippen LogP contribution in [0.5, 0.6) is 0 Å². The molecule has 9 heteroatoms. The number of rotatable bonds is 4. The summed E-state index contributed by atoms with van der Waals surface area (Å²) in [6, 6.07) is -0.389. The maximum absolute atomic E-state index is 14.7. The van der Waals surface area contributed by atoms with Crippen molar-refractivity contribution in [3.05, 3.63) is 29.8 Å². The second-order valence-electron chi connectivity index (χ2n) is 6.98. The lowest BCUT2D eigenvalue weighted by Gasteiger charge is -2.34. The summed E-state index contributed by atoms with van der Waals surface area (Å²) in [5, 5.41) is 9.18. The zero-order valence-corrected chi connectivity index (χ0v) is 16.5. The van der Waals surface area contributed by atoms with E-state index >= 15 is 0 Å². The van der Waals surface area contributed by atoms with Crippen molar-refractivity contribution in [3.8, 4) is 11.1 Å². The fourth-order valence-corrected chi connectivity index (χ4v) is 4.01. The van der Waals surface area contributed by atoms with Crippen LogP contribution in [-0.4, -0.2) is 56.4 Å². The van der Waals surface area contributed by atoms with Gasteiger partial charge in [0.2, 0.25) is 5.91 Å². The molecule has 7 nitrogen and oxygen atoms in total. The fraction of sp³-hybridized carbons (Fsp3) is 0.421. The number of alkyl halides is 1. The van der Waals surface area contributed by atoms with Gasteiger partial charge in [0.25, 0.3) is 0 Å². The first-order valence-corrected chi connectivity index (χ1v) is 9.71. The summed E-state index contributed by atoms with van der Waals surface area (Å²) in [6.07, 6.45) is 6.41. The second-order valence-corrected chi connectivity index (χ2v) is 7.39. The van der Waals surface area contributed by atoms with E-state index in [1.807, 2.05) is 13.1 Å².